The van der Waals surface area contributed by atoms with Crippen molar-refractivity contribution >= 4 is 5.91 Å². The summed E-state index contributed by atoms with van der Waals surface area (Å²) in [5.41, 5.74) is 0. The highest BCUT2D eigenvalue weighted by Gasteiger charge is 2.47. The van der Waals surface area contributed by atoms with E-state index in [-0.39, 0.29) is 5.92 Å². The van der Waals surface area contributed by atoms with E-state index in [2.05, 4.69) is 19.2 Å². The van der Waals surface area contributed by atoms with Crippen molar-refractivity contribution in [3.63, 3.8) is 0 Å². The van der Waals surface area contributed by atoms with E-state index in [1.807, 2.05) is 0 Å². The molecule has 4 fully saturated rings. The predicted octanol–water partition coefficient (Wildman–Crippen LogP) is 3.61. The van der Waals surface area contributed by atoms with Crippen LogP contribution in [-0.4, -0.2) is 12.5 Å². The van der Waals surface area contributed by atoms with Crippen LogP contribution in [-0.2, 0) is 4.79 Å². The summed E-state index contributed by atoms with van der Waals surface area (Å²) in [6.45, 7) is 5.21. The lowest BCUT2D eigenvalue weighted by Gasteiger charge is -2.54. The number of nitrogens with one attached hydrogen (secondary N) is 1. The van der Waals surface area contributed by atoms with Gasteiger partial charge >= 0.3 is 0 Å². The second-order valence-corrected chi connectivity index (χ2v) is 7.35. The van der Waals surface area contributed by atoms with Crippen LogP contribution in [0.2, 0.25) is 0 Å². The van der Waals surface area contributed by atoms with E-state index in [9.17, 15) is 4.79 Å². The predicted molar refractivity (Wildman–Crippen MR) is 77.6 cm³/mol. The zero-order chi connectivity index (χ0) is 13.4. The quantitative estimate of drug-likeness (QED) is 0.806. The monoisotopic (exact) mass is 263 g/mol. The maximum atomic E-state index is 12.1. The van der Waals surface area contributed by atoms with E-state index in [1.54, 1.807) is 0 Å². The first-order valence-electron chi connectivity index (χ1n) is 8.48. The van der Waals surface area contributed by atoms with Crippen LogP contribution in [0.4, 0.5) is 0 Å². The third kappa shape index (κ3) is 2.55. The molecular formula is C17H29NO. The van der Waals surface area contributed by atoms with E-state index >= 15 is 0 Å². The average Bonchev–Trinajstić information content (AvgIpc) is 2.38. The number of rotatable bonds is 5. The lowest BCUT2D eigenvalue weighted by molar-refractivity contribution is -0.126. The van der Waals surface area contributed by atoms with Gasteiger partial charge in [0, 0.05) is 12.5 Å². The fourth-order valence-corrected chi connectivity index (χ4v) is 5.39. The van der Waals surface area contributed by atoms with Crippen molar-refractivity contribution in [2.45, 2.75) is 58.8 Å². The molecule has 0 heterocycles. The summed E-state index contributed by atoms with van der Waals surface area (Å²) in [5.74, 6) is 5.26. The van der Waals surface area contributed by atoms with Crippen molar-refractivity contribution in [1.82, 2.24) is 5.32 Å². The molecule has 0 aliphatic heterocycles. The van der Waals surface area contributed by atoms with Crippen LogP contribution in [0.25, 0.3) is 0 Å². The fourth-order valence-electron chi connectivity index (χ4n) is 5.39. The SMILES string of the molecule is CCC(CC)C(=O)NCC1C2CC3CC(C2)CC1C3. The molecule has 0 aromatic rings. The van der Waals surface area contributed by atoms with Gasteiger partial charge in [0.25, 0.3) is 0 Å². The molecule has 1 N–H and O–H groups in total. The molecule has 0 spiro atoms. The summed E-state index contributed by atoms with van der Waals surface area (Å²) < 4.78 is 0. The van der Waals surface area contributed by atoms with E-state index in [0.29, 0.717) is 5.91 Å². The Morgan fingerprint density at radius 1 is 1.00 bits per heavy atom. The standard InChI is InChI=1S/C17H29NO/c1-3-13(4-2)17(19)18-10-16-14-6-11-5-12(8-14)9-15(16)7-11/h11-16H,3-10H2,1-2H3,(H,18,19). The number of hydrogen-bond acceptors (Lipinski definition) is 1. The molecule has 2 heteroatoms. The molecule has 0 aromatic carbocycles. The summed E-state index contributed by atoms with van der Waals surface area (Å²) in [6.07, 6.45) is 9.29. The topological polar surface area (TPSA) is 29.1 Å². The first-order valence-corrected chi connectivity index (χ1v) is 8.48. The molecule has 0 unspecified atom stereocenters. The van der Waals surface area contributed by atoms with Crippen molar-refractivity contribution in [2.24, 2.45) is 35.5 Å². The fraction of sp³-hybridized carbons (Fsp3) is 0.941. The van der Waals surface area contributed by atoms with Crippen LogP contribution in [0.15, 0.2) is 0 Å². The van der Waals surface area contributed by atoms with E-state index < -0.39 is 0 Å². The molecule has 4 saturated carbocycles. The summed E-state index contributed by atoms with van der Waals surface area (Å²) in [7, 11) is 0. The van der Waals surface area contributed by atoms with Crippen LogP contribution in [0.1, 0.15) is 58.8 Å². The second kappa shape index (κ2) is 5.46. The van der Waals surface area contributed by atoms with Gasteiger partial charge in [0.2, 0.25) is 5.91 Å². The molecule has 4 aliphatic rings. The molecule has 0 saturated heterocycles. The summed E-state index contributed by atoms with van der Waals surface area (Å²) >= 11 is 0. The molecular weight excluding hydrogens is 234 g/mol. The molecule has 4 rings (SSSR count). The van der Waals surface area contributed by atoms with Gasteiger partial charge in [-0.1, -0.05) is 13.8 Å². The minimum atomic E-state index is 0.233. The van der Waals surface area contributed by atoms with Gasteiger partial charge in [-0.05, 0) is 74.5 Å². The van der Waals surface area contributed by atoms with Crippen LogP contribution < -0.4 is 5.32 Å². The van der Waals surface area contributed by atoms with Gasteiger partial charge in [0.05, 0.1) is 0 Å². The molecule has 0 atom stereocenters. The maximum Gasteiger partial charge on any atom is 0.223 e. The normalized spacial score (nSPS) is 39.8. The Kier molecular flexibility index (Phi) is 3.86. The Labute approximate surface area is 117 Å². The molecule has 1 amide bonds. The lowest BCUT2D eigenvalue weighted by Crippen LogP contribution is -2.49. The van der Waals surface area contributed by atoms with Crippen molar-refractivity contribution < 1.29 is 4.79 Å². The van der Waals surface area contributed by atoms with Gasteiger partial charge in [-0.2, -0.15) is 0 Å². The summed E-state index contributed by atoms with van der Waals surface area (Å²) in [5, 5.41) is 3.27. The first-order chi connectivity index (χ1) is 9.21. The van der Waals surface area contributed by atoms with Gasteiger partial charge in [-0.3, -0.25) is 4.79 Å². The zero-order valence-electron chi connectivity index (χ0n) is 12.5. The van der Waals surface area contributed by atoms with E-state index in [0.717, 1.165) is 49.0 Å². The Morgan fingerprint density at radius 3 is 2.00 bits per heavy atom. The largest absolute Gasteiger partial charge is 0.356 e. The highest BCUT2D eigenvalue weighted by Crippen LogP contribution is 2.56. The van der Waals surface area contributed by atoms with E-state index in [1.165, 1.54) is 32.1 Å². The summed E-state index contributed by atoms with van der Waals surface area (Å²) in [4.78, 5) is 12.1. The number of carbonyl (C=O) groups excluding carboxylic acids is 1. The molecule has 4 bridgehead atoms. The van der Waals surface area contributed by atoms with Crippen LogP contribution >= 0.6 is 0 Å². The van der Waals surface area contributed by atoms with Gasteiger partial charge in [0.1, 0.15) is 0 Å². The highest BCUT2D eigenvalue weighted by molar-refractivity contribution is 5.78. The smallest absolute Gasteiger partial charge is 0.223 e. The Balaban J connectivity index is 1.54. The van der Waals surface area contributed by atoms with Gasteiger partial charge in [0.15, 0.2) is 0 Å². The van der Waals surface area contributed by atoms with Crippen molar-refractivity contribution in [3.05, 3.63) is 0 Å². The Morgan fingerprint density at radius 2 is 1.53 bits per heavy atom. The molecule has 0 aromatic heterocycles. The molecule has 0 radical (unpaired) electrons. The van der Waals surface area contributed by atoms with Crippen molar-refractivity contribution in [1.29, 1.82) is 0 Å². The minimum Gasteiger partial charge on any atom is -0.356 e. The van der Waals surface area contributed by atoms with Gasteiger partial charge in [-0.25, -0.2) is 0 Å². The number of carbonyl (C=O) groups is 1. The minimum absolute atomic E-state index is 0.233. The van der Waals surface area contributed by atoms with Crippen LogP contribution in [0.3, 0.4) is 0 Å². The number of amides is 1. The average molecular weight is 263 g/mol. The number of hydrogen-bond donors (Lipinski definition) is 1. The Hall–Kier alpha value is -0.530. The van der Waals surface area contributed by atoms with Crippen molar-refractivity contribution in [2.75, 3.05) is 6.54 Å². The molecule has 19 heavy (non-hydrogen) atoms. The van der Waals surface area contributed by atoms with Crippen LogP contribution in [0, 0.1) is 35.5 Å². The second-order valence-electron chi connectivity index (χ2n) is 7.35. The Bertz CT molecular complexity index is 306. The maximum absolute atomic E-state index is 12.1. The third-order valence-electron chi connectivity index (χ3n) is 6.29. The zero-order valence-corrected chi connectivity index (χ0v) is 12.5. The first kappa shape index (κ1) is 13.5. The van der Waals surface area contributed by atoms with Crippen molar-refractivity contribution in [3.8, 4) is 0 Å². The molecule has 4 aliphatic carbocycles. The van der Waals surface area contributed by atoms with E-state index in [4.69, 9.17) is 0 Å². The van der Waals surface area contributed by atoms with Gasteiger partial charge < -0.3 is 5.32 Å². The van der Waals surface area contributed by atoms with Crippen LogP contribution in [0.5, 0.6) is 0 Å². The molecule has 2 nitrogen and oxygen atoms in total. The molecule has 108 valence electrons. The lowest BCUT2D eigenvalue weighted by atomic mass is 9.52. The summed E-state index contributed by atoms with van der Waals surface area (Å²) in [6, 6.07) is 0. The third-order valence-corrected chi connectivity index (χ3v) is 6.29. The van der Waals surface area contributed by atoms with Gasteiger partial charge in [-0.15, -0.1) is 0 Å². The highest BCUT2D eigenvalue weighted by atomic mass is 16.1.